The molecule has 1 atom stereocenters. The quantitative estimate of drug-likeness (QED) is 0.804. The molecule has 2 aromatic rings. The molecule has 8 heteroatoms. The van der Waals surface area contributed by atoms with Crippen molar-refractivity contribution in [1.82, 2.24) is 9.29 Å². The Labute approximate surface area is 153 Å². The highest BCUT2D eigenvalue weighted by molar-refractivity contribution is 7.97. The number of nitrogens with zero attached hydrogens (tertiary/aromatic N) is 2. The number of pyridine rings is 1. The van der Waals surface area contributed by atoms with Crippen LogP contribution in [0.15, 0.2) is 15.9 Å². The lowest BCUT2D eigenvalue weighted by Gasteiger charge is -2.23. The normalized spacial score (nSPS) is 22.4. The summed E-state index contributed by atoms with van der Waals surface area (Å²) in [5.74, 6) is -1.03. The summed E-state index contributed by atoms with van der Waals surface area (Å²) >= 11 is 1.37. The van der Waals surface area contributed by atoms with Gasteiger partial charge in [-0.3, -0.25) is 9.52 Å². The van der Waals surface area contributed by atoms with Crippen LogP contribution in [-0.2, 0) is 6.54 Å². The predicted octanol–water partition coefficient (Wildman–Crippen LogP) is 2.51. The smallest absolute Gasteiger partial charge is 0.195 e. The van der Waals surface area contributed by atoms with E-state index in [2.05, 4.69) is 4.72 Å². The third-order valence-corrected chi connectivity index (χ3v) is 6.60. The van der Waals surface area contributed by atoms with Gasteiger partial charge < -0.3 is 15.2 Å². The first-order valence-corrected chi connectivity index (χ1v) is 9.85. The third kappa shape index (κ3) is 2.32. The van der Waals surface area contributed by atoms with E-state index in [-0.39, 0.29) is 34.0 Å². The Morgan fingerprint density at radius 1 is 1.31 bits per heavy atom. The van der Waals surface area contributed by atoms with Gasteiger partial charge in [0.25, 0.3) is 0 Å². The van der Waals surface area contributed by atoms with Crippen molar-refractivity contribution in [3.63, 3.8) is 0 Å². The minimum Gasteiger partial charge on any atom is -0.366 e. The van der Waals surface area contributed by atoms with Gasteiger partial charge >= 0.3 is 0 Å². The zero-order valence-electron chi connectivity index (χ0n) is 14.2. The lowest BCUT2D eigenvalue weighted by molar-refractivity contribution is 0.567. The van der Waals surface area contributed by atoms with Crippen LogP contribution in [0.25, 0.3) is 10.9 Å². The van der Waals surface area contributed by atoms with E-state index in [4.69, 9.17) is 5.73 Å². The van der Waals surface area contributed by atoms with Gasteiger partial charge in [-0.05, 0) is 49.7 Å². The fourth-order valence-corrected chi connectivity index (χ4v) is 5.14. The number of hydrogen-bond donors (Lipinski definition) is 2. The molecule has 0 spiro atoms. The van der Waals surface area contributed by atoms with Gasteiger partial charge in [0.05, 0.1) is 15.9 Å². The van der Waals surface area contributed by atoms with Crippen molar-refractivity contribution in [1.29, 1.82) is 0 Å². The molecule has 2 aliphatic heterocycles. The second-order valence-corrected chi connectivity index (χ2v) is 8.27. The maximum absolute atomic E-state index is 15.6. The summed E-state index contributed by atoms with van der Waals surface area (Å²) in [7, 11) is 0. The lowest BCUT2D eigenvalue weighted by Crippen LogP contribution is -2.26. The van der Waals surface area contributed by atoms with Crippen molar-refractivity contribution >= 4 is 28.5 Å². The highest BCUT2D eigenvalue weighted by atomic mass is 32.2. The molecule has 3 heterocycles. The number of fused-ring (bicyclic) bond motifs is 2. The number of hydrogen-bond acceptors (Lipinski definition) is 5. The summed E-state index contributed by atoms with van der Waals surface area (Å²) < 4.78 is 35.5. The molecule has 1 unspecified atom stereocenters. The highest BCUT2D eigenvalue weighted by Gasteiger charge is 2.35. The van der Waals surface area contributed by atoms with Gasteiger partial charge in [-0.25, -0.2) is 8.78 Å². The Balaban J connectivity index is 1.78. The van der Waals surface area contributed by atoms with Crippen molar-refractivity contribution in [3.05, 3.63) is 33.5 Å². The van der Waals surface area contributed by atoms with Crippen LogP contribution in [0.1, 0.15) is 30.9 Å². The van der Waals surface area contributed by atoms with Crippen molar-refractivity contribution < 1.29 is 8.78 Å². The molecule has 5 rings (SSSR count). The first-order valence-electron chi connectivity index (χ1n) is 9.04. The lowest BCUT2D eigenvalue weighted by atomic mass is 10.1. The minimum absolute atomic E-state index is 0.0156. The molecule has 1 aromatic heterocycles. The van der Waals surface area contributed by atoms with Gasteiger partial charge in [-0.2, -0.15) is 0 Å². The molecule has 1 aromatic carbocycles. The second kappa shape index (κ2) is 5.94. The number of nitrogens with one attached hydrogen (secondary N) is 1. The molecular weight excluding hydrogens is 358 g/mol. The largest absolute Gasteiger partial charge is 0.366 e. The summed E-state index contributed by atoms with van der Waals surface area (Å²) in [4.78, 5) is 14.6. The number of benzene rings is 1. The van der Waals surface area contributed by atoms with Crippen LogP contribution in [0, 0.1) is 17.6 Å². The Morgan fingerprint density at radius 2 is 2.12 bits per heavy atom. The van der Waals surface area contributed by atoms with Crippen molar-refractivity contribution in [3.8, 4) is 0 Å². The molecule has 138 valence electrons. The second-order valence-electron chi connectivity index (χ2n) is 7.39. The number of rotatable bonds is 3. The van der Waals surface area contributed by atoms with E-state index < -0.39 is 11.6 Å². The van der Waals surface area contributed by atoms with E-state index in [0.29, 0.717) is 31.7 Å². The molecule has 1 aliphatic carbocycles. The van der Waals surface area contributed by atoms with Crippen LogP contribution < -0.4 is 20.8 Å². The Bertz CT molecular complexity index is 972. The number of nitrogens with two attached hydrogens (primary N) is 1. The van der Waals surface area contributed by atoms with Crippen molar-refractivity contribution in [2.45, 2.75) is 36.9 Å². The monoisotopic (exact) mass is 378 g/mol. The van der Waals surface area contributed by atoms with Gasteiger partial charge in [0.1, 0.15) is 11.5 Å². The van der Waals surface area contributed by atoms with Gasteiger partial charge in [0.15, 0.2) is 11.2 Å². The summed E-state index contributed by atoms with van der Waals surface area (Å²) in [6.07, 6.45) is 2.74. The topological polar surface area (TPSA) is 63.3 Å². The molecular formula is C18H20F2N4OS. The molecule has 3 aliphatic rings. The van der Waals surface area contributed by atoms with E-state index in [1.165, 1.54) is 18.0 Å². The standard InChI is InChI=1S/C18H20F2N4OS/c19-13-5-11-15(14(20)16(13)23-4-3-9(6-21)8-23)24(10-1-2-10)18-12(17(11)25)7-22-26-18/h5,9-10,22H,1-4,6-8,21H2. The molecule has 0 amide bonds. The molecule has 1 saturated heterocycles. The van der Waals surface area contributed by atoms with Crippen molar-refractivity contribution in [2.75, 3.05) is 24.5 Å². The van der Waals surface area contributed by atoms with Crippen LogP contribution in [-0.4, -0.2) is 24.2 Å². The average Bonchev–Trinajstić information content (AvgIpc) is 3.15. The van der Waals surface area contributed by atoms with E-state index in [1.54, 1.807) is 4.90 Å². The van der Waals surface area contributed by atoms with E-state index >= 15 is 4.39 Å². The van der Waals surface area contributed by atoms with Crippen LogP contribution >= 0.6 is 11.9 Å². The average molecular weight is 378 g/mol. The van der Waals surface area contributed by atoms with E-state index in [1.807, 2.05) is 4.57 Å². The van der Waals surface area contributed by atoms with E-state index in [9.17, 15) is 9.18 Å². The van der Waals surface area contributed by atoms with Crippen molar-refractivity contribution in [2.24, 2.45) is 11.7 Å². The zero-order chi connectivity index (χ0) is 18.0. The summed E-state index contributed by atoms with van der Waals surface area (Å²) in [6, 6.07) is 1.41. The molecule has 3 N–H and O–H groups in total. The first kappa shape index (κ1) is 16.5. The third-order valence-electron chi connectivity index (χ3n) is 5.67. The maximum atomic E-state index is 15.6. The highest BCUT2D eigenvalue weighted by Crippen LogP contribution is 2.44. The van der Waals surface area contributed by atoms with Gasteiger partial charge in [-0.15, -0.1) is 0 Å². The van der Waals surface area contributed by atoms with E-state index in [0.717, 1.165) is 24.3 Å². The maximum Gasteiger partial charge on any atom is 0.195 e. The molecule has 0 bridgehead atoms. The Hall–Kier alpha value is -1.64. The molecule has 1 saturated carbocycles. The fourth-order valence-electron chi connectivity index (χ4n) is 4.16. The van der Waals surface area contributed by atoms with Gasteiger partial charge in [0, 0.05) is 31.2 Å². The number of halogens is 2. The van der Waals surface area contributed by atoms with Crippen LogP contribution in [0.2, 0.25) is 0 Å². The first-order chi connectivity index (χ1) is 12.6. The zero-order valence-corrected chi connectivity index (χ0v) is 15.0. The fraction of sp³-hybridized carbons (Fsp3) is 0.500. The summed E-state index contributed by atoms with van der Waals surface area (Å²) in [5, 5.41) is 0.927. The van der Waals surface area contributed by atoms with Gasteiger partial charge in [0.2, 0.25) is 0 Å². The van der Waals surface area contributed by atoms with Crippen LogP contribution in [0.3, 0.4) is 0 Å². The predicted molar refractivity (Wildman–Crippen MR) is 98.5 cm³/mol. The number of anilines is 1. The minimum atomic E-state index is -0.661. The summed E-state index contributed by atoms with van der Waals surface area (Å²) in [5.41, 5.74) is 6.31. The van der Waals surface area contributed by atoms with Gasteiger partial charge in [-0.1, -0.05) is 0 Å². The van der Waals surface area contributed by atoms with Crippen LogP contribution in [0.5, 0.6) is 0 Å². The SMILES string of the molecule is NCC1CCN(c2c(F)cc3c(=O)c4c(n(C5CC5)c3c2F)SNC4)C1. The Morgan fingerprint density at radius 3 is 2.81 bits per heavy atom. The van der Waals surface area contributed by atoms with Crippen LogP contribution in [0.4, 0.5) is 14.5 Å². The number of aromatic nitrogens is 1. The molecule has 2 fully saturated rings. The molecule has 26 heavy (non-hydrogen) atoms. The summed E-state index contributed by atoms with van der Waals surface area (Å²) in [6.45, 7) is 2.06. The Kier molecular flexibility index (Phi) is 3.77. The molecule has 0 radical (unpaired) electrons. The molecule has 5 nitrogen and oxygen atoms in total.